The van der Waals surface area contributed by atoms with Crippen LogP contribution in [0.3, 0.4) is 0 Å². The summed E-state index contributed by atoms with van der Waals surface area (Å²) in [6, 6.07) is 12.7. The van der Waals surface area contributed by atoms with E-state index in [1.165, 1.54) is 24.3 Å². The largest absolute Gasteiger partial charge is 0.441 e. The molecule has 124 valence electrons. The molecule has 0 radical (unpaired) electrons. The van der Waals surface area contributed by atoms with Crippen LogP contribution in [-0.2, 0) is 16.4 Å². The van der Waals surface area contributed by atoms with E-state index in [0.717, 1.165) is 5.56 Å². The van der Waals surface area contributed by atoms with Gasteiger partial charge in [-0.2, -0.15) is 13.5 Å². The van der Waals surface area contributed by atoms with E-state index < -0.39 is 10.0 Å². The van der Waals surface area contributed by atoms with Gasteiger partial charge in [-0.1, -0.05) is 25.1 Å². The third kappa shape index (κ3) is 3.23. The fourth-order valence-corrected chi connectivity index (χ4v) is 3.24. The Labute approximate surface area is 138 Å². The molecule has 7 nitrogen and oxygen atoms in total. The summed E-state index contributed by atoms with van der Waals surface area (Å²) in [6.07, 6.45) is 0.698. The second-order valence-corrected chi connectivity index (χ2v) is 6.65. The van der Waals surface area contributed by atoms with Crippen LogP contribution >= 0.6 is 0 Å². The van der Waals surface area contributed by atoms with Crippen molar-refractivity contribution in [2.45, 2.75) is 18.4 Å². The number of sulfonamides is 1. The second kappa shape index (κ2) is 6.32. The fraction of sp³-hybridized carbons (Fsp3) is 0.125. The second-order valence-electron chi connectivity index (χ2n) is 5.04. The molecule has 8 heteroatoms. The SMILES string of the molecule is CCc1ccccc1NS(=O)(=O)c1ccc(-c2ccc(=O)[nH]n2)o1. The van der Waals surface area contributed by atoms with Crippen LogP contribution in [0.4, 0.5) is 5.69 Å². The zero-order valence-corrected chi connectivity index (χ0v) is 13.6. The molecule has 0 atom stereocenters. The molecule has 3 aromatic rings. The minimum Gasteiger partial charge on any atom is -0.441 e. The summed E-state index contributed by atoms with van der Waals surface area (Å²) in [6.45, 7) is 1.94. The molecule has 0 bridgehead atoms. The van der Waals surface area contributed by atoms with Gasteiger partial charge in [0.15, 0.2) is 5.76 Å². The number of aromatic amines is 1. The first-order valence-corrected chi connectivity index (χ1v) is 8.74. The molecule has 2 heterocycles. The molecule has 0 aliphatic heterocycles. The molecule has 0 saturated heterocycles. The van der Waals surface area contributed by atoms with Crippen LogP contribution in [0.5, 0.6) is 0 Å². The van der Waals surface area contributed by atoms with E-state index in [-0.39, 0.29) is 16.4 Å². The first-order chi connectivity index (χ1) is 11.5. The zero-order valence-electron chi connectivity index (χ0n) is 12.8. The van der Waals surface area contributed by atoms with E-state index in [9.17, 15) is 13.2 Å². The van der Waals surface area contributed by atoms with Crippen molar-refractivity contribution in [3.63, 3.8) is 0 Å². The van der Waals surface area contributed by atoms with Gasteiger partial charge in [-0.25, -0.2) is 5.10 Å². The number of hydrogen-bond donors (Lipinski definition) is 2. The maximum Gasteiger partial charge on any atom is 0.295 e. The molecule has 0 aliphatic carbocycles. The van der Waals surface area contributed by atoms with Crippen LogP contribution in [0, 0.1) is 0 Å². The van der Waals surface area contributed by atoms with Gasteiger partial charge in [0.2, 0.25) is 5.09 Å². The molecular weight excluding hydrogens is 330 g/mol. The van der Waals surface area contributed by atoms with Gasteiger partial charge in [0, 0.05) is 6.07 Å². The molecular formula is C16H15N3O4S. The van der Waals surface area contributed by atoms with E-state index in [4.69, 9.17) is 4.42 Å². The quantitative estimate of drug-likeness (QED) is 0.739. The van der Waals surface area contributed by atoms with Gasteiger partial charge < -0.3 is 4.42 Å². The number of nitrogens with one attached hydrogen (secondary N) is 2. The van der Waals surface area contributed by atoms with Crippen molar-refractivity contribution in [2.24, 2.45) is 0 Å². The van der Waals surface area contributed by atoms with Gasteiger partial charge in [0.05, 0.1) is 5.69 Å². The molecule has 0 aliphatic rings. The van der Waals surface area contributed by atoms with Crippen LogP contribution in [-0.4, -0.2) is 18.6 Å². The van der Waals surface area contributed by atoms with Crippen LogP contribution in [0.2, 0.25) is 0 Å². The van der Waals surface area contributed by atoms with Crippen molar-refractivity contribution in [1.29, 1.82) is 0 Å². The number of nitrogens with zero attached hydrogens (tertiary/aromatic N) is 1. The summed E-state index contributed by atoms with van der Waals surface area (Å²) < 4.78 is 32.9. The number of aromatic nitrogens is 2. The van der Waals surface area contributed by atoms with Crippen LogP contribution < -0.4 is 10.3 Å². The van der Waals surface area contributed by atoms with E-state index in [2.05, 4.69) is 14.9 Å². The molecule has 2 N–H and O–H groups in total. The normalized spacial score (nSPS) is 11.4. The maximum absolute atomic E-state index is 12.5. The topological polar surface area (TPSA) is 105 Å². The third-order valence-corrected chi connectivity index (χ3v) is 4.66. The van der Waals surface area contributed by atoms with Crippen LogP contribution in [0.25, 0.3) is 11.5 Å². The lowest BCUT2D eigenvalue weighted by atomic mass is 10.1. The summed E-state index contributed by atoms with van der Waals surface area (Å²) >= 11 is 0. The van der Waals surface area contributed by atoms with E-state index in [0.29, 0.717) is 17.8 Å². The van der Waals surface area contributed by atoms with E-state index >= 15 is 0 Å². The number of benzene rings is 1. The number of aryl methyl sites for hydroxylation is 1. The standard InChI is InChI=1S/C16H15N3O4S/c1-2-11-5-3-4-6-12(11)19-24(21,22)16-10-8-14(23-16)13-7-9-15(20)18-17-13/h3-10,19H,2H2,1H3,(H,18,20). The first-order valence-electron chi connectivity index (χ1n) is 7.26. The van der Waals surface area contributed by atoms with Crippen molar-refractivity contribution in [1.82, 2.24) is 10.2 Å². The number of hydrogen-bond acceptors (Lipinski definition) is 5. The monoisotopic (exact) mass is 345 g/mol. The number of para-hydroxylation sites is 1. The molecule has 3 rings (SSSR count). The Kier molecular flexibility index (Phi) is 4.22. The van der Waals surface area contributed by atoms with Crippen molar-refractivity contribution >= 4 is 15.7 Å². The number of anilines is 1. The molecule has 1 aromatic carbocycles. The first kappa shape index (κ1) is 16.0. The highest BCUT2D eigenvalue weighted by Crippen LogP contribution is 2.25. The van der Waals surface area contributed by atoms with Gasteiger partial charge in [0.1, 0.15) is 5.69 Å². The minimum absolute atomic E-state index is 0.226. The predicted molar refractivity (Wildman–Crippen MR) is 89.2 cm³/mol. The lowest BCUT2D eigenvalue weighted by molar-refractivity contribution is 0.461. The van der Waals surface area contributed by atoms with Gasteiger partial charge in [0.25, 0.3) is 15.6 Å². The lowest BCUT2D eigenvalue weighted by Gasteiger charge is -2.09. The minimum atomic E-state index is -3.86. The van der Waals surface area contributed by atoms with Crippen LogP contribution in [0.1, 0.15) is 12.5 Å². The Morgan fingerprint density at radius 3 is 2.62 bits per heavy atom. The Bertz CT molecular complexity index is 1000. The molecule has 0 fully saturated rings. The highest BCUT2D eigenvalue weighted by molar-refractivity contribution is 7.92. The highest BCUT2D eigenvalue weighted by Gasteiger charge is 2.20. The summed E-state index contributed by atoms with van der Waals surface area (Å²) in [5.74, 6) is 0.246. The molecule has 24 heavy (non-hydrogen) atoms. The average Bonchev–Trinajstić information content (AvgIpc) is 3.07. The van der Waals surface area contributed by atoms with Gasteiger partial charge in [-0.05, 0) is 36.2 Å². The maximum atomic E-state index is 12.5. The van der Waals surface area contributed by atoms with Gasteiger partial charge >= 0.3 is 0 Å². The third-order valence-electron chi connectivity index (χ3n) is 3.42. The Hall–Kier alpha value is -2.87. The Morgan fingerprint density at radius 1 is 1.12 bits per heavy atom. The van der Waals surface area contributed by atoms with Crippen molar-refractivity contribution in [3.8, 4) is 11.5 Å². The molecule has 0 spiro atoms. The predicted octanol–water partition coefficient (Wildman–Crippen LogP) is 2.39. The average molecular weight is 345 g/mol. The molecule has 0 saturated carbocycles. The summed E-state index contributed by atoms with van der Waals surface area (Å²) in [7, 11) is -3.86. The van der Waals surface area contributed by atoms with E-state index in [1.807, 2.05) is 19.1 Å². The van der Waals surface area contributed by atoms with Gasteiger partial charge in [-0.3, -0.25) is 9.52 Å². The summed E-state index contributed by atoms with van der Waals surface area (Å²) in [4.78, 5) is 11.0. The van der Waals surface area contributed by atoms with E-state index in [1.54, 1.807) is 12.1 Å². The lowest BCUT2D eigenvalue weighted by Crippen LogP contribution is -2.13. The van der Waals surface area contributed by atoms with Crippen molar-refractivity contribution in [2.75, 3.05) is 4.72 Å². The van der Waals surface area contributed by atoms with Crippen LogP contribution in [0.15, 0.2) is 62.8 Å². The summed E-state index contributed by atoms with van der Waals surface area (Å²) in [5.41, 5.74) is 1.39. The van der Waals surface area contributed by atoms with Gasteiger partial charge in [-0.15, -0.1) is 0 Å². The number of furan rings is 1. The highest BCUT2D eigenvalue weighted by atomic mass is 32.2. The number of H-pyrrole nitrogens is 1. The zero-order chi connectivity index (χ0) is 17.2. The number of rotatable bonds is 5. The fourth-order valence-electron chi connectivity index (χ4n) is 2.21. The Balaban J connectivity index is 1.91. The molecule has 2 aromatic heterocycles. The molecule has 0 amide bonds. The molecule has 0 unspecified atom stereocenters. The summed E-state index contributed by atoms with van der Waals surface area (Å²) in [5, 5.41) is 5.85. The van der Waals surface area contributed by atoms with Crippen molar-refractivity contribution in [3.05, 3.63) is 64.4 Å². The smallest absolute Gasteiger partial charge is 0.295 e. The van der Waals surface area contributed by atoms with Crippen molar-refractivity contribution < 1.29 is 12.8 Å². The Morgan fingerprint density at radius 2 is 1.92 bits per heavy atom.